The highest BCUT2D eigenvalue weighted by Gasteiger charge is 2.36. The van der Waals surface area contributed by atoms with E-state index < -0.39 is 0 Å². The molecular weight excluding hydrogens is 218 g/mol. The van der Waals surface area contributed by atoms with Gasteiger partial charge >= 0.3 is 0 Å². The molecule has 16 heavy (non-hydrogen) atoms. The molecule has 1 aliphatic rings. The van der Waals surface area contributed by atoms with Crippen molar-refractivity contribution in [2.24, 2.45) is 11.1 Å². The van der Waals surface area contributed by atoms with Crippen LogP contribution in [0.5, 0.6) is 0 Å². The average Bonchev–Trinajstić information content (AvgIpc) is 2.65. The summed E-state index contributed by atoms with van der Waals surface area (Å²) >= 11 is 1.78. The van der Waals surface area contributed by atoms with Gasteiger partial charge in [-0.2, -0.15) is 0 Å². The maximum atomic E-state index is 5.88. The van der Waals surface area contributed by atoms with Crippen LogP contribution in [0.15, 0.2) is 18.5 Å². The van der Waals surface area contributed by atoms with Crippen LogP contribution in [-0.2, 0) is 6.42 Å². The molecule has 3 nitrogen and oxygen atoms in total. The van der Waals surface area contributed by atoms with Crippen molar-refractivity contribution in [3.05, 3.63) is 23.5 Å². The van der Waals surface area contributed by atoms with Crippen molar-refractivity contribution >= 4 is 21.6 Å². The maximum Gasteiger partial charge on any atom is 0.0998 e. The summed E-state index contributed by atoms with van der Waals surface area (Å²) in [6.07, 6.45) is 8.55. The standard InChI is InChI=1S/C12H15N3S/c13-8-12(3-1-4-12)6-11-15-9-7-14-5-2-10(9)16-11/h2,5,7H,1,3-4,6,8,13H2. The van der Waals surface area contributed by atoms with Crippen LogP contribution >= 0.6 is 11.3 Å². The average molecular weight is 233 g/mol. The Morgan fingerprint density at radius 2 is 2.31 bits per heavy atom. The Labute approximate surface area is 98.7 Å². The first-order valence-corrected chi connectivity index (χ1v) is 6.53. The maximum absolute atomic E-state index is 5.88. The molecule has 2 aromatic rings. The zero-order valence-electron chi connectivity index (χ0n) is 9.15. The molecule has 2 aromatic heterocycles. The van der Waals surface area contributed by atoms with E-state index in [-0.39, 0.29) is 0 Å². The molecule has 0 bridgehead atoms. The molecular formula is C12H15N3S. The second-order valence-electron chi connectivity index (χ2n) is 4.69. The molecule has 84 valence electrons. The lowest BCUT2D eigenvalue weighted by Crippen LogP contribution is -2.39. The fourth-order valence-corrected chi connectivity index (χ4v) is 3.46. The van der Waals surface area contributed by atoms with Gasteiger partial charge in [-0.3, -0.25) is 4.98 Å². The van der Waals surface area contributed by atoms with Gasteiger partial charge < -0.3 is 5.73 Å². The van der Waals surface area contributed by atoms with Crippen LogP contribution < -0.4 is 5.73 Å². The van der Waals surface area contributed by atoms with Crippen molar-refractivity contribution in [2.75, 3.05) is 6.54 Å². The Balaban J connectivity index is 1.89. The van der Waals surface area contributed by atoms with E-state index >= 15 is 0 Å². The van der Waals surface area contributed by atoms with Crippen LogP contribution in [0.4, 0.5) is 0 Å². The molecule has 1 saturated carbocycles. The van der Waals surface area contributed by atoms with E-state index in [1.165, 1.54) is 29.0 Å². The zero-order valence-corrected chi connectivity index (χ0v) is 9.96. The number of thiazole rings is 1. The van der Waals surface area contributed by atoms with Crippen molar-refractivity contribution in [1.82, 2.24) is 9.97 Å². The van der Waals surface area contributed by atoms with Gasteiger partial charge in [0.15, 0.2) is 0 Å². The Hall–Kier alpha value is -1.00. The molecule has 3 rings (SSSR count). The number of nitrogens with two attached hydrogens (primary N) is 1. The second-order valence-corrected chi connectivity index (χ2v) is 5.80. The Kier molecular flexibility index (Phi) is 2.41. The van der Waals surface area contributed by atoms with E-state index in [1.54, 1.807) is 11.3 Å². The summed E-state index contributed by atoms with van der Waals surface area (Å²) in [4.78, 5) is 8.72. The van der Waals surface area contributed by atoms with Crippen LogP contribution in [0.3, 0.4) is 0 Å². The van der Waals surface area contributed by atoms with Crippen molar-refractivity contribution in [3.63, 3.8) is 0 Å². The SMILES string of the molecule is NCC1(Cc2nc3cnccc3s2)CCC1. The predicted molar refractivity (Wildman–Crippen MR) is 66.5 cm³/mol. The Morgan fingerprint density at radius 3 is 2.94 bits per heavy atom. The molecule has 4 heteroatoms. The number of fused-ring (bicyclic) bond motifs is 1. The van der Waals surface area contributed by atoms with Crippen molar-refractivity contribution in [3.8, 4) is 0 Å². The number of hydrogen-bond donors (Lipinski definition) is 1. The monoisotopic (exact) mass is 233 g/mol. The number of nitrogens with zero attached hydrogens (tertiary/aromatic N) is 2. The van der Waals surface area contributed by atoms with Gasteiger partial charge in [-0.1, -0.05) is 6.42 Å². The van der Waals surface area contributed by atoms with Crippen molar-refractivity contribution in [1.29, 1.82) is 0 Å². The molecule has 1 fully saturated rings. The summed E-state index contributed by atoms with van der Waals surface area (Å²) in [5, 5.41) is 1.22. The number of rotatable bonds is 3. The van der Waals surface area contributed by atoms with Crippen molar-refractivity contribution < 1.29 is 0 Å². The third kappa shape index (κ3) is 1.62. The van der Waals surface area contributed by atoms with Crippen LogP contribution in [0.1, 0.15) is 24.3 Å². The fraction of sp³-hybridized carbons (Fsp3) is 0.500. The van der Waals surface area contributed by atoms with Gasteiger partial charge in [0, 0.05) is 12.6 Å². The third-order valence-electron chi connectivity index (χ3n) is 3.61. The molecule has 0 spiro atoms. The van der Waals surface area contributed by atoms with Gasteiger partial charge in [-0.05, 0) is 30.9 Å². The molecule has 0 aromatic carbocycles. The molecule has 1 aliphatic carbocycles. The van der Waals surface area contributed by atoms with Crippen LogP contribution in [-0.4, -0.2) is 16.5 Å². The van der Waals surface area contributed by atoms with E-state index in [0.717, 1.165) is 18.5 Å². The first-order chi connectivity index (χ1) is 7.81. The van der Waals surface area contributed by atoms with Gasteiger partial charge in [0.2, 0.25) is 0 Å². The minimum absolute atomic E-state index is 0.349. The van der Waals surface area contributed by atoms with Gasteiger partial charge in [0.05, 0.1) is 21.4 Å². The summed E-state index contributed by atoms with van der Waals surface area (Å²) in [5.41, 5.74) is 7.25. The molecule has 0 aliphatic heterocycles. The van der Waals surface area contributed by atoms with Crippen LogP contribution in [0, 0.1) is 5.41 Å². The summed E-state index contributed by atoms with van der Waals surface area (Å²) in [5.74, 6) is 0. The van der Waals surface area contributed by atoms with Gasteiger partial charge in [0.25, 0.3) is 0 Å². The largest absolute Gasteiger partial charge is 0.330 e. The molecule has 0 radical (unpaired) electrons. The first kappa shape index (κ1) is 10.2. The van der Waals surface area contributed by atoms with Crippen LogP contribution in [0.2, 0.25) is 0 Å². The minimum atomic E-state index is 0.349. The Bertz CT molecular complexity index is 463. The number of pyridine rings is 1. The lowest BCUT2D eigenvalue weighted by molar-refractivity contribution is 0.145. The molecule has 2 heterocycles. The van der Waals surface area contributed by atoms with Gasteiger partial charge in [0.1, 0.15) is 0 Å². The number of aromatic nitrogens is 2. The molecule has 0 saturated heterocycles. The second kappa shape index (κ2) is 3.79. The summed E-state index contributed by atoms with van der Waals surface area (Å²) in [6, 6.07) is 2.03. The normalized spacial score (nSPS) is 18.6. The highest BCUT2D eigenvalue weighted by Crippen LogP contribution is 2.43. The van der Waals surface area contributed by atoms with E-state index in [0.29, 0.717) is 5.41 Å². The first-order valence-electron chi connectivity index (χ1n) is 5.71. The third-order valence-corrected chi connectivity index (χ3v) is 4.64. The van der Waals surface area contributed by atoms with Crippen LogP contribution in [0.25, 0.3) is 10.2 Å². The zero-order chi connectivity index (χ0) is 11.0. The quantitative estimate of drug-likeness (QED) is 0.885. The lowest BCUT2D eigenvalue weighted by Gasteiger charge is -2.40. The topological polar surface area (TPSA) is 51.8 Å². The minimum Gasteiger partial charge on any atom is -0.330 e. The summed E-state index contributed by atoms with van der Waals surface area (Å²) in [6.45, 7) is 0.793. The summed E-state index contributed by atoms with van der Waals surface area (Å²) < 4.78 is 1.23. The van der Waals surface area contributed by atoms with E-state index in [9.17, 15) is 0 Å². The highest BCUT2D eigenvalue weighted by molar-refractivity contribution is 7.18. The van der Waals surface area contributed by atoms with Gasteiger partial charge in [-0.25, -0.2) is 4.98 Å². The van der Waals surface area contributed by atoms with E-state index in [4.69, 9.17) is 5.73 Å². The predicted octanol–water partition coefficient (Wildman–Crippen LogP) is 2.36. The molecule has 0 atom stereocenters. The van der Waals surface area contributed by atoms with Crippen molar-refractivity contribution in [2.45, 2.75) is 25.7 Å². The molecule has 2 N–H and O–H groups in total. The van der Waals surface area contributed by atoms with E-state index in [1.807, 2.05) is 18.5 Å². The van der Waals surface area contributed by atoms with Gasteiger partial charge in [-0.15, -0.1) is 11.3 Å². The summed E-state index contributed by atoms with van der Waals surface area (Å²) in [7, 11) is 0. The fourth-order valence-electron chi connectivity index (χ4n) is 2.35. The Morgan fingerprint density at radius 1 is 1.44 bits per heavy atom. The smallest absolute Gasteiger partial charge is 0.0998 e. The number of hydrogen-bond acceptors (Lipinski definition) is 4. The van der Waals surface area contributed by atoms with E-state index in [2.05, 4.69) is 9.97 Å². The highest BCUT2D eigenvalue weighted by atomic mass is 32.1. The molecule has 0 amide bonds. The molecule has 0 unspecified atom stereocenters. The lowest BCUT2D eigenvalue weighted by atomic mass is 9.67.